The third-order valence-electron chi connectivity index (χ3n) is 4.58. The minimum absolute atomic E-state index is 0.198. The number of dihydropyridines is 1. The first-order valence-electron chi connectivity index (χ1n) is 9.68. The fourth-order valence-corrected chi connectivity index (χ4v) is 3.33. The molecule has 8 nitrogen and oxygen atoms in total. The molecule has 1 atom stereocenters. The van der Waals surface area contributed by atoms with Crippen LogP contribution in [0.3, 0.4) is 0 Å². The zero-order valence-corrected chi connectivity index (χ0v) is 17.7. The molecule has 0 spiro atoms. The van der Waals surface area contributed by atoms with Crippen LogP contribution in [0, 0.1) is 5.21 Å². The van der Waals surface area contributed by atoms with Gasteiger partial charge < -0.3 is 24.9 Å². The number of carbonyl (C=O) groups is 2. The highest BCUT2D eigenvalue weighted by Gasteiger charge is 2.39. The van der Waals surface area contributed by atoms with Crippen molar-refractivity contribution in [2.45, 2.75) is 33.1 Å². The number of aromatic nitrogens is 1. The fraction of sp³-hybridized carbons (Fsp3) is 0.476. The van der Waals surface area contributed by atoms with E-state index in [0.29, 0.717) is 45.8 Å². The van der Waals surface area contributed by atoms with Crippen molar-refractivity contribution in [3.63, 3.8) is 0 Å². The molecule has 0 radical (unpaired) electrons. The molecular formula is C21H29N3O5. The van der Waals surface area contributed by atoms with Crippen LogP contribution in [-0.4, -0.2) is 50.7 Å². The van der Waals surface area contributed by atoms with E-state index in [1.807, 2.05) is 19.0 Å². The molecular weight excluding hydrogens is 374 g/mol. The maximum absolute atomic E-state index is 13.0. The molecule has 0 aliphatic carbocycles. The zero-order chi connectivity index (χ0) is 21.6. The smallest absolute Gasteiger partial charge is 0.336 e. The van der Waals surface area contributed by atoms with Crippen molar-refractivity contribution >= 4 is 11.9 Å². The van der Waals surface area contributed by atoms with Crippen LogP contribution in [0.2, 0.25) is 0 Å². The van der Waals surface area contributed by atoms with Gasteiger partial charge in [0.15, 0.2) is 12.4 Å². The normalized spacial score (nSPS) is 16.7. The third kappa shape index (κ3) is 5.35. The number of hydrogen-bond acceptors (Lipinski definition) is 7. The average molecular weight is 403 g/mol. The van der Waals surface area contributed by atoms with E-state index in [0.717, 1.165) is 0 Å². The van der Waals surface area contributed by atoms with Gasteiger partial charge >= 0.3 is 11.9 Å². The summed E-state index contributed by atoms with van der Waals surface area (Å²) in [5.41, 5.74) is 2.42. The van der Waals surface area contributed by atoms with Crippen molar-refractivity contribution in [1.82, 2.24) is 10.2 Å². The molecule has 29 heavy (non-hydrogen) atoms. The number of hydrogen-bond donors (Lipinski definition) is 1. The number of rotatable bonds is 8. The minimum atomic E-state index is -0.757. The monoisotopic (exact) mass is 403 g/mol. The second-order valence-corrected chi connectivity index (χ2v) is 6.98. The van der Waals surface area contributed by atoms with Gasteiger partial charge in [-0.2, -0.15) is 4.73 Å². The van der Waals surface area contributed by atoms with Crippen LogP contribution in [0.25, 0.3) is 0 Å². The summed E-state index contributed by atoms with van der Waals surface area (Å²) in [5.74, 6) is -1.81. The Hall–Kier alpha value is -2.87. The Balaban J connectivity index is 2.68. The first-order chi connectivity index (χ1) is 13.8. The number of carbonyl (C=O) groups excluding carboxylic acids is 2. The highest BCUT2D eigenvalue weighted by molar-refractivity contribution is 5.99. The number of esters is 2. The van der Waals surface area contributed by atoms with Crippen molar-refractivity contribution in [2.75, 3.05) is 33.9 Å². The molecule has 158 valence electrons. The molecule has 1 aromatic heterocycles. The molecule has 0 aromatic carbocycles. The number of nitrogens with one attached hydrogen (secondary N) is 1. The summed E-state index contributed by atoms with van der Waals surface area (Å²) in [6, 6.07) is 3.31. The predicted molar refractivity (Wildman–Crippen MR) is 107 cm³/mol. The summed E-state index contributed by atoms with van der Waals surface area (Å²) in [6.07, 6.45) is 3.27. The van der Waals surface area contributed by atoms with Gasteiger partial charge in [-0.15, -0.1) is 0 Å². The molecule has 0 saturated carbocycles. The van der Waals surface area contributed by atoms with Crippen LogP contribution < -0.4 is 10.0 Å². The lowest BCUT2D eigenvalue weighted by molar-refractivity contribution is -0.605. The van der Waals surface area contributed by atoms with Crippen molar-refractivity contribution in [1.29, 1.82) is 0 Å². The highest BCUT2D eigenvalue weighted by Crippen LogP contribution is 2.39. The SMILES string of the molecule is CCOC(=O)C1=C(C)NC(CCN(C)C)=C(C(=O)OCC)C1c1ccc[n+]([O-])c1. The van der Waals surface area contributed by atoms with E-state index in [9.17, 15) is 14.8 Å². The predicted octanol–water partition coefficient (Wildman–Crippen LogP) is 1.61. The molecule has 0 fully saturated rings. The Bertz CT molecular complexity index is 829. The van der Waals surface area contributed by atoms with E-state index in [2.05, 4.69) is 5.32 Å². The molecule has 1 aliphatic heterocycles. The van der Waals surface area contributed by atoms with Gasteiger partial charge in [-0.1, -0.05) is 0 Å². The number of nitrogens with zero attached hydrogens (tertiary/aromatic N) is 2. The van der Waals surface area contributed by atoms with Gasteiger partial charge in [-0.25, -0.2) is 9.59 Å². The second kappa shape index (κ2) is 10.1. The summed E-state index contributed by atoms with van der Waals surface area (Å²) >= 11 is 0. The maximum Gasteiger partial charge on any atom is 0.336 e. The van der Waals surface area contributed by atoms with Gasteiger partial charge in [0.05, 0.1) is 30.3 Å². The molecule has 1 aliphatic rings. The van der Waals surface area contributed by atoms with E-state index in [4.69, 9.17) is 9.47 Å². The summed E-state index contributed by atoms with van der Waals surface area (Å²) in [4.78, 5) is 27.7. The van der Waals surface area contributed by atoms with E-state index < -0.39 is 17.9 Å². The van der Waals surface area contributed by atoms with E-state index in [1.54, 1.807) is 32.9 Å². The van der Waals surface area contributed by atoms with E-state index in [1.165, 1.54) is 12.4 Å². The first-order valence-corrected chi connectivity index (χ1v) is 9.68. The Morgan fingerprint density at radius 3 is 2.34 bits per heavy atom. The van der Waals surface area contributed by atoms with Crippen LogP contribution in [0.4, 0.5) is 0 Å². The van der Waals surface area contributed by atoms with E-state index >= 15 is 0 Å². The summed E-state index contributed by atoms with van der Waals surface area (Å²) in [7, 11) is 3.88. The lowest BCUT2D eigenvalue weighted by Gasteiger charge is -2.31. The molecule has 2 rings (SSSR count). The summed E-state index contributed by atoms with van der Waals surface area (Å²) in [5, 5.41) is 15.2. The Morgan fingerprint density at radius 1 is 1.17 bits per heavy atom. The molecule has 1 unspecified atom stereocenters. The van der Waals surface area contributed by atoms with Crippen molar-refractivity contribution in [3.05, 3.63) is 57.8 Å². The number of ether oxygens (including phenoxy) is 2. The first kappa shape index (κ1) is 22.4. The average Bonchev–Trinajstić information content (AvgIpc) is 2.65. The lowest BCUT2D eigenvalue weighted by Crippen LogP contribution is -2.35. The molecule has 8 heteroatoms. The maximum atomic E-state index is 13.0. The van der Waals surface area contributed by atoms with Crippen molar-refractivity contribution in [3.8, 4) is 0 Å². The topological polar surface area (TPSA) is 94.8 Å². The van der Waals surface area contributed by atoms with Crippen LogP contribution >= 0.6 is 0 Å². The summed E-state index contributed by atoms with van der Waals surface area (Å²) in [6.45, 7) is 6.30. The highest BCUT2D eigenvalue weighted by atomic mass is 16.5. The molecule has 2 heterocycles. The minimum Gasteiger partial charge on any atom is -0.619 e. The summed E-state index contributed by atoms with van der Waals surface area (Å²) < 4.78 is 11.2. The Labute approximate surface area is 171 Å². The van der Waals surface area contributed by atoms with Crippen molar-refractivity contribution < 1.29 is 23.8 Å². The number of pyridine rings is 1. The fourth-order valence-electron chi connectivity index (χ4n) is 3.33. The van der Waals surface area contributed by atoms with Crippen LogP contribution in [-0.2, 0) is 19.1 Å². The zero-order valence-electron chi connectivity index (χ0n) is 17.7. The van der Waals surface area contributed by atoms with E-state index in [-0.39, 0.29) is 13.2 Å². The van der Waals surface area contributed by atoms with Gasteiger partial charge in [0.1, 0.15) is 0 Å². The Kier molecular flexibility index (Phi) is 7.78. The molecule has 0 saturated heterocycles. The van der Waals surface area contributed by atoms with Crippen LogP contribution in [0.5, 0.6) is 0 Å². The molecule has 0 bridgehead atoms. The number of allylic oxidation sites excluding steroid dienone is 1. The second-order valence-electron chi connectivity index (χ2n) is 6.98. The largest absolute Gasteiger partial charge is 0.619 e. The van der Waals surface area contributed by atoms with Crippen LogP contribution in [0.15, 0.2) is 47.1 Å². The van der Waals surface area contributed by atoms with Crippen molar-refractivity contribution in [2.24, 2.45) is 0 Å². The van der Waals surface area contributed by atoms with Crippen LogP contribution in [0.1, 0.15) is 38.7 Å². The van der Waals surface area contributed by atoms with Gasteiger partial charge in [0, 0.05) is 36.0 Å². The molecule has 1 N–H and O–H groups in total. The Morgan fingerprint density at radius 2 is 1.79 bits per heavy atom. The molecule has 0 amide bonds. The lowest BCUT2D eigenvalue weighted by atomic mass is 9.80. The standard InChI is InChI=1S/C21H29N3O5/c1-6-28-20(25)17-14(3)22-16(10-12-23(4)5)19(21(26)29-7-2)18(17)15-9-8-11-24(27)13-15/h8-9,11,13,18,22H,6-7,10,12H2,1-5H3. The third-order valence-corrected chi connectivity index (χ3v) is 4.58. The van der Waals surface area contributed by atoms with Gasteiger partial charge in [0.2, 0.25) is 0 Å². The molecule has 1 aromatic rings. The van der Waals surface area contributed by atoms with Gasteiger partial charge in [-0.05, 0) is 40.9 Å². The van der Waals surface area contributed by atoms with Gasteiger partial charge in [-0.3, -0.25) is 0 Å². The quantitative estimate of drug-likeness (QED) is 0.400. The van der Waals surface area contributed by atoms with Gasteiger partial charge in [0.25, 0.3) is 0 Å².